The standard InChI is InChI=1S/C11H11ClF2INO2/c1-2-18-9(17)4-8-7(10(13)14)3-6(5-12)11(15)16-8/h3,10H,2,4-5H2,1H3. The smallest absolute Gasteiger partial charge is 0.311 e. The minimum absolute atomic E-state index is 0.0433. The molecule has 0 radical (unpaired) electrons. The molecule has 0 aliphatic rings. The molecule has 18 heavy (non-hydrogen) atoms. The summed E-state index contributed by atoms with van der Waals surface area (Å²) in [6.07, 6.45) is -2.95. The van der Waals surface area contributed by atoms with Crippen molar-refractivity contribution in [2.24, 2.45) is 0 Å². The molecule has 1 rings (SSSR count). The van der Waals surface area contributed by atoms with Gasteiger partial charge >= 0.3 is 5.97 Å². The summed E-state index contributed by atoms with van der Waals surface area (Å²) < 4.78 is 31.0. The quantitative estimate of drug-likeness (QED) is 0.335. The molecule has 1 heterocycles. The summed E-state index contributed by atoms with van der Waals surface area (Å²) in [5, 5.41) is 0. The lowest BCUT2D eigenvalue weighted by Crippen LogP contribution is -2.12. The summed E-state index contributed by atoms with van der Waals surface area (Å²) in [7, 11) is 0. The largest absolute Gasteiger partial charge is 0.466 e. The summed E-state index contributed by atoms with van der Waals surface area (Å²) in [5.41, 5.74) is 0.306. The van der Waals surface area contributed by atoms with Crippen LogP contribution in [0, 0.1) is 3.70 Å². The molecule has 3 nitrogen and oxygen atoms in total. The van der Waals surface area contributed by atoms with Gasteiger partial charge in [0.15, 0.2) is 0 Å². The molecule has 0 bridgehead atoms. The maximum atomic E-state index is 12.9. The first kappa shape index (κ1) is 15.6. The molecule has 0 fully saturated rings. The minimum Gasteiger partial charge on any atom is -0.466 e. The molecule has 0 N–H and O–H groups in total. The number of alkyl halides is 3. The number of halogens is 4. The van der Waals surface area contributed by atoms with Crippen molar-refractivity contribution in [2.75, 3.05) is 6.61 Å². The fourth-order valence-electron chi connectivity index (χ4n) is 1.36. The molecule has 0 unspecified atom stereocenters. The number of ether oxygens (including phenoxy) is 1. The molecule has 1 aromatic heterocycles. The third-order valence-corrected chi connectivity index (χ3v) is 3.38. The van der Waals surface area contributed by atoms with Gasteiger partial charge in [-0.1, -0.05) is 0 Å². The predicted octanol–water partition coefficient (Wildman–Crippen LogP) is 3.47. The van der Waals surface area contributed by atoms with Crippen LogP contribution in [0.15, 0.2) is 6.07 Å². The Bertz CT molecular complexity index is 443. The maximum Gasteiger partial charge on any atom is 0.311 e. The Labute approximate surface area is 122 Å². The molecule has 0 saturated heterocycles. The van der Waals surface area contributed by atoms with Crippen molar-refractivity contribution < 1.29 is 18.3 Å². The predicted molar refractivity (Wildman–Crippen MR) is 71.8 cm³/mol. The molecule has 0 amide bonds. The molecule has 0 aliphatic heterocycles. The zero-order valence-corrected chi connectivity index (χ0v) is 12.5. The average Bonchev–Trinajstić information content (AvgIpc) is 2.29. The Hall–Kier alpha value is -0.500. The van der Waals surface area contributed by atoms with E-state index < -0.39 is 12.4 Å². The number of hydrogen-bond donors (Lipinski definition) is 0. The third-order valence-electron chi connectivity index (χ3n) is 2.16. The second-order valence-electron chi connectivity index (χ2n) is 3.39. The summed E-state index contributed by atoms with van der Waals surface area (Å²) in [5.74, 6) is -0.466. The van der Waals surface area contributed by atoms with E-state index in [1.165, 1.54) is 6.07 Å². The molecular formula is C11H11ClF2INO2. The van der Waals surface area contributed by atoms with Gasteiger partial charge in [0.2, 0.25) is 0 Å². The minimum atomic E-state index is -2.69. The first-order chi connectivity index (χ1) is 8.49. The van der Waals surface area contributed by atoms with Crippen LogP contribution in [-0.2, 0) is 21.8 Å². The van der Waals surface area contributed by atoms with Gasteiger partial charge in [-0.2, -0.15) is 0 Å². The number of carbonyl (C=O) groups excluding carboxylic acids is 1. The van der Waals surface area contributed by atoms with E-state index in [1.807, 2.05) is 22.6 Å². The number of rotatable bonds is 5. The van der Waals surface area contributed by atoms with Gasteiger partial charge in [0, 0.05) is 11.4 Å². The highest BCUT2D eigenvalue weighted by Gasteiger charge is 2.19. The summed E-state index contributed by atoms with van der Waals surface area (Å²) in [4.78, 5) is 15.3. The number of hydrogen-bond acceptors (Lipinski definition) is 3. The van der Waals surface area contributed by atoms with Gasteiger partial charge in [-0.15, -0.1) is 11.6 Å². The van der Waals surface area contributed by atoms with Gasteiger partial charge in [-0.05, 0) is 41.1 Å². The van der Waals surface area contributed by atoms with Gasteiger partial charge in [-0.25, -0.2) is 13.8 Å². The van der Waals surface area contributed by atoms with E-state index in [9.17, 15) is 13.6 Å². The van der Waals surface area contributed by atoms with E-state index in [1.54, 1.807) is 6.92 Å². The highest BCUT2D eigenvalue weighted by atomic mass is 127. The van der Waals surface area contributed by atoms with E-state index in [2.05, 4.69) is 4.98 Å². The lowest BCUT2D eigenvalue weighted by atomic mass is 10.1. The highest BCUT2D eigenvalue weighted by molar-refractivity contribution is 14.1. The first-order valence-electron chi connectivity index (χ1n) is 5.17. The number of aromatic nitrogens is 1. The Morgan fingerprint density at radius 1 is 1.61 bits per heavy atom. The van der Waals surface area contributed by atoms with Crippen molar-refractivity contribution in [1.82, 2.24) is 4.98 Å². The van der Waals surface area contributed by atoms with Crippen molar-refractivity contribution >= 4 is 40.2 Å². The van der Waals surface area contributed by atoms with Crippen LogP contribution >= 0.6 is 34.2 Å². The molecule has 100 valence electrons. The van der Waals surface area contributed by atoms with E-state index in [4.69, 9.17) is 16.3 Å². The van der Waals surface area contributed by atoms with E-state index in [-0.39, 0.29) is 30.2 Å². The second kappa shape index (κ2) is 7.18. The van der Waals surface area contributed by atoms with Crippen LogP contribution in [0.3, 0.4) is 0 Å². The zero-order chi connectivity index (χ0) is 13.7. The van der Waals surface area contributed by atoms with Crippen LogP contribution < -0.4 is 0 Å². The van der Waals surface area contributed by atoms with Gasteiger partial charge in [0.05, 0.1) is 18.7 Å². The van der Waals surface area contributed by atoms with Gasteiger partial charge in [0.1, 0.15) is 3.70 Å². The molecule has 0 aromatic carbocycles. The van der Waals surface area contributed by atoms with E-state index in [0.29, 0.717) is 9.26 Å². The second-order valence-corrected chi connectivity index (χ2v) is 4.68. The molecule has 0 aliphatic carbocycles. The Kier molecular flexibility index (Phi) is 6.20. The van der Waals surface area contributed by atoms with Gasteiger partial charge in [0.25, 0.3) is 6.43 Å². The number of pyridine rings is 1. The molecule has 0 spiro atoms. The molecular weight excluding hydrogens is 378 g/mol. The number of carbonyl (C=O) groups is 1. The lowest BCUT2D eigenvalue weighted by molar-refractivity contribution is -0.142. The SMILES string of the molecule is CCOC(=O)Cc1nc(I)c(CCl)cc1C(F)F. The number of nitrogens with zero attached hydrogens (tertiary/aromatic N) is 1. The first-order valence-corrected chi connectivity index (χ1v) is 6.78. The van der Waals surface area contributed by atoms with Crippen molar-refractivity contribution in [2.45, 2.75) is 25.7 Å². The fraction of sp³-hybridized carbons (Fsp3) is 0.455. The van der Waals surface area contributed by atoms with Crippen LogP contribution in [-0.4, -0.2) is 17.6 Å². The third kappa shape index (κ3) is 4.01. The molecule has 0 saturated carbocycles. The van der Waals surface area contributed by atoms with Crippen molar-refractivity contribution in [3.8, 4) is 0 Å². The van der Waals surface area contributed by atoms with E-state index in [0.717, 1.165) is 0 Å². The molecule has 1 aromatic rings. The van der Waals surface area contributed by atoms with Gasteiger partial charge < -0.3 is 4.74 Å². The summed E-state index contributed by atoms with van der Waals surface area (Å²) >= 11 is 7.54. The zero-order valence-electron chi connectivity index (χ0n) is 9.55. The summed E-state index contributed by atoms with van der Waals surface area (Å²) in [6, 6.07) is 1.29. The average molecular weight is 390 g/mol. The van der Waals surface area contributed by atoms with Crippen LogP contribution in [0.5, 0.6) is 0 Å². The molecule has 0 atom stereocenters. The topological polar surface area (TPSA) is 39.2 Å². The van der Waals surface area contributed by atoms with E-state index >= 15 is 0 Å². The van der Waals surface area contributed by atoms with Crippen molar-refractivity contribution in [3.63, 3.8) is 0 Å². The Morgan fingerprint density at radius 2 is 2.28 bits per heavy atom. The Balaban J connectivity index is 3.09. The van der Waals surface area contributed by atoms with Crippen LogP contribution in [0.4, 0.5) is 8.78 Å². The van der Waals surface area contributed by atoms with Crippen molar-refractivity contribution in [1.29, 1.82) is 0 Å². The maximum absolute atomic E-state index is 12.9. The Morgan fingerprint density at radius 3 is 2.78 bits per heavy atom. The monoisotopic (exact) mass is 389 g/mol. The van der Waals surface area contributed by atoms with Gasteiger partial charge in [-0.3, -0.25) is 4.79 Å². The van der Waals surface area contributed by atoms with Crippen LogP contribution in [0.25, 0.3) is 0 Å². The fourth-order valence-corrected chi connectivity index (χ4v) is 2.43. The highest BCUT2D eigenvalue weighted by Crippen LogP contribution is 2.26. The molecule has 7 heteroatoms. The van der Waals surface area contributed by atoms with Crippen molar-refractivity contribution in [3.05, 3.63) is 26.6 Å². The number of esters is 1. The van der Waals surface area contributed by atoms with Crippen LogP contribution in [0.1, 0.15) is 30.2 Å². The normalized spacial score (nSPS) is 10.8. The lowest BCUT2D eigenvalue weighted by Gasteiger charge is -2.10. The summed E-state index contributed by atoms with van der Waals surface area (Å²) in [6.45, 7) is 1.86. The van der Waals surface area contributed by atoms with Crippen LogP contribution in [0.2, 0.25) is 0 Å².